The second kappa shape index (κ2) is 7.31. The Kier molecular flexibility index (Phi) is 5.17. The van der Waals surface area contributed by atoms with Crippen LogP contribution in [0.25, 0.3) is 0 Å². The van der Waals surface area contributed by atoms with Crippen LogP contribution >= 0.6 is 11.3 Å². The number of urea groups is 1. The van der Waals surface area contributed by atoms with Gasteiger partial charge in [0.2, 0.25) is 0 Å². The van der Waals surface area contributed by atoms with Gasteiger partial charge in [0.15, 0.2) is 0 Å². The zero-order valence-electron chi connectivity index (χ0n) is 12.9. The van der Waals surface area contributed by atoms with E-state index in [4.69, 9.17) is 9.84 Å². The molecule has 1 saturated heterocycles. The van der Waals surface area contributed by atoms with Crippen LogP contribution < -0.4 is 5.32 Å². The summed E-state index contributed by atoms with van der Waals surface area (Å²) in [4.78, 5) is 26.4. The molecule has 0 radical (unpaired) electrons. The zero-order valence-corrected chi connectivity index (χ0v) is 13.8. The van der Waals surface area contributed by atoms with E-state index in [1.165, 1.54) is 0 Å². The number of thiophene rings is 1. The van der Waals surface area contributed by atoms with E-state index in [2.05, 4.69) is 5.32 Å². The molecule has 1 aliphatic carbocycles. The summed E-state index contributed by atoms with van der Waals surface area (Å²) in [6.07, 6.45) is 2.71. The molecule has 7 heteroatoms. The molecular formula is C16H22N2O4S. The van der Waals surface area contributed by atoms with Crippen LogP contribution in [0.2, 0.25) is 0 Å². The molecule has 2 heterocycles. The normalized spacial score (nSPS) is 28.3. The Morgan fingerprint density at radius 2 is 2.09 bits per heavy atom. The van der Waals surface area contributed by atoms with Gasteiger partial charge in [-0.05, 0) is 37.1 Å². The van der Waals surface area contributed by atoms with Crippen molar-refractivity contribution in [1.82, 2.24) is 10.2 Å². The second-order valence-corrected chi connectivity index (χ2v) is 7.14. The molecule has 6 nitrogen and oxygen atoms in total. The summed E-state index contributed by atoms with van der Waals surface area (Å²) < 4.78 is 5.76. The molecule has 1 aromatic heterocycles. The van der Waals surface area contributed by atoms with Crippen LogP contribution in [0.3, 0.4) is 0 Å². The molecule has 3 rings (SSSR count). The fraction of sp³-hybridized carbons (Fsp3) is 0.625. The number of aliphatic carboxylic acids is 1. The number of ether oxygens (including phenoxy) is 1. The predicted octanol–water partition coefficient (Wildman–Crippen LogP) is 2.47. The largest absolute Gasteiger partial charge is 0.481 e. The van der Waals surface area contributed by atoms with E-state index < -0.39 is 5.97 Å². The van der Waals surface area contributed by atoms with Crippen LogP contribution in [0, 0.1) is 5.92 Å². The molecule has 2 fully saturated rings. The number of carbonyl (C=O) groups is 2. The van der Waals surface area contributed by atoms with Gasteiger partial charge in [-0.25, -0.2) is 4.79 Å². The first-order chi connectivity index (χ1) is 11.1. The fourth-order valence-electron chi connectivity index (χ4n) is 3.23. The molecule has 126 valence electrons. The first kappa shape index (κ1) is 16.3. The third-order valence-electron chi connectivity index (χ3n) is 4.62. The third kappa shape index (κ3) is 4.03. The van der Waals surface area contributed by atoms with Crippen molar-refractivity contribution in [3.05, 3.63) is 22.4 Å². The Balaban J connectivity index is 1.49. The summed E-state index contributed by atoms with van der Waals surface area (Å²) in [5.74, 6) is -0.975. The number of carboxylic acid groups (broad SMARTS) is 1. The van der Waals surface area contributed by atoms with Crippen molar-refractivity contribution in [2.24, 2.45) is 5.92 Å². The maximum Gasteiger partial charge on any atom is 0.317 e. The number of morpholine rings is 1. The molecule has 0 spiro atoms. The Labute approximate surface area is 139 Å². The first-order valence-corrected chi connectivity index (χ1v) is 8.94. The molecule has 2 aliphatic rings. The molecule has 1 aliphatic heterocycles. The van der Waals surface area contributed by atoms with Gasteiger partial charge in [-0.3, -0.25) is 4.79 Å². The highest BCUT2D eigenvalue weighted by atomic mass is 32.1. The van der Waals surface area contributed by atoms with Crippen LogP contribution in [-0.4, -0.2) is 47.7 Å². The third-order valence-corrected chi connectivity index (χ3v) is 5.58. The number of nitrogens with zero attached hydrogens (tertiary/aromatic N) is 1. The molecule has 1 atom stereocenters. The van der Waals surface area contributed by atoms with E-state index in [0.717, 1.165) is 17.7 Å². The second-order valence-electron chi connectivity index (χ2n) is 6.16. The van der Waals surface area contributed by atoms with Crippen molar-refractivity contribution in [3.63, 3.8) is 0 Å². The monoisotopic (exact) mass is 338 g/mol. The van der Waals surface area contributed by atoms with Crippen LogP contribution in [0.1, 0.15) is 36.7 Å². The molecule has 0 aromatic carbocycles. The minimum Gasteiger partial charge on any atom is -0.481 e. The Hall–Kier alpha value is -1.60. The van der Waals surface area contributed by atoms with E-state index in [-0.39, 0.29) is 24.1 Å². The summed E-state index contributed by atoms with van der Waals surface area (Å²) in [7, 11) is 0. The van der Waals surface area contributed by atoms with Gasteiger partial charge in [0.25, 0.3) is 0 Å². The lowest BCUT2D eigenvalue weighted by Gasteiger charge is -2.34. The minimum atomic E-state index is -0.721. The Bertz CT molecular complexity index is 540. The summed E-state index contributed by atoms with van der Waals surface area (Å²) in [6.45, 7) is 1.71. The molecule has 2 N–H and O–H groups in total. The van der Waals surface area contributed by atoms with Gasteiger partial charge in [0.1, 0.15) is 6.10 Å². The number of carbonyl (C=O) groups excluding carboxylic acids is 1. The van der Waals surface area contributed by atoms with Crippen molar-refractivity contribution in [2.75, 3.05) is 19.7 Å². The quantitative estimate of drug-likeness (QED) is 0.887. The smallest absolute Gasteiger partial charge is 0.317 e. The number of rotatable bonds is 3. The summed E-state index contributed by atoms with van der Waals surface area (Å²) >= 11 is 1.64. The average Bonchev–Trinajstić information content (AvgIpc) is 3.10. The van der Waals surface area contributed by atoms with Gasteiger partial charge in [0.05, 0.1) is 19.1 Å². The van der Waals surface area contributed by atoms with Crippen LogP contribution in [0.5, 0.6) is 0 Å². The van der Waals surface area contributed by atoms with Crippen molar-refractivity contribution in [2.45, 2.75) is 37.8 Å². The van der Waals surface area contributed by atoms with Crippen molar-refractivity contribution in [3.8, 4) is 0 Å². The van der Waals surface area contributed by atoms with E-state index in [9.17, 15) is 9.59 Å². The van der Waals surface area contributed by atoms with Crippen molar-refractivity contribution in [1.29, 1.82) is 0 Å². The Morgan fingerprint density at radius 3 is 2.74 bits per heavy atom. The van der Waals surface area contributed by atoms with Gasteiger partial charge in [0, 0.05) is 17.5 Å². The topological polar surface area (TPSA) is 78.9 Å². The standard InChI is InChI=1S/C16H22N2O4S/c19-15(20)11-3-5-12(6-4-11)17-16(21)18-7-8-22-13(10-18)14-2-1-9-23-14/h1-2,9,11-13H,3-8,10H2,(H,17,21)(H,19,20). The number of nitrogens with one attached hydrogen (secondary N) is 1. The molecule has 1 aromatic rings. The van der Waals surface area contributed by atoms with E-state index in [1.807, 2.05) is 17.5 Å². The lowest BCUT2D eigenvalue weighted by molar-refractivity contribution is -0.142. The fourth-order valence-corrected chi connectivity index (χ4v) is 4.00. The van der Waals surface area contributed by atoms with Gasteiger partial charge in [-0.2, -0.15) is 0 Å². The number of hydrogen-bond acceptors (Lipinski definition) is 4. The molecule has 23 heavy (non-hydrogen) atoms. The number of amides is 2. The lowest BCUT2D eigenvalue weighted by Crippen LogP contribution is -2.50. The molecule has 2 amide bonds. The van der Waals surface area contributed by atoms with Crippen molar-refractivity contribution < 1.29 is 19.4 Å². The van der Waals surface area contributed by atoms with Crippen LogP contribution in [0.4, 0.5) is 4.79 Å². The number of hydrogen-bond donors (Lipinski definition) is 2. The van der Waals surface area contributed by atoms with E-state index >= 15 is 0 Å². The maximum absolute atomic E-state index is 12.4. The van der Waals surface area contributed by atoms with E-state index in [0.29, 0.717) is 32.5 Å². The summed E-state index contributed by atoms with van der Waals surface area (Å²) in [5.41, 5.74) is 0. The van der Waals surface area contributed by atoms with Crippen LogP contribution in [-0.2, 0) is 9.53 Å². The minimum absolute atomic E-state index is 0.0442. The summed E-state index contributed by atoms with van der Waals surface area (Å²) in [6, 6.07) is 4.04. The number of carboxylic acids is 1. The highest BCUT2D eigenvalue weighted by Crippen LogP contribution is 2.27. The van der Waals surface area contributed by atoms with E-state index in [1.54, 1.807) is 16.2 Å². The first-order valence-electron chi connectivity index (χ1n) is 8.06. The zero-order chi connectivity index (χ0) is 16.2. The van der Waals surface area contributed by atoms with Gasteiger partial charge < -0.3 is 20.1 Å². The predicted molar refractivity (Wildman–Crippen MR) is 86.5 cm³/mol. The van der Waals surface area contributed by atoms with Gasteiger partial charge in [-0.1, -0.05) is 6.07 Å². The highest BCUT2D eigenvalue weighted by molar-refractivity contribution is 7.10. The molecule has 0 bridgehead atoms. The van der Waals surface area contributed by atoms with Gasteiger partial charge in [-0.15, -0.1) is 11.3 Å². The molecule has 1 saturated carbocycles. The molecular weight excluding hydrogens is 316 g/mol. The maximum atomic E-state index is 12.4. The Morgan fingerprint density at radius 1 is 1.30 bits per heavy atom. The molecule has 1 unspecified atom stereocenters. The average molecular weight is 338 g/mol. The highest BCUT2D eigenvalue weighted by Gasteiger charge is 2.30. The summed E-state index contributed by atoms with van der Waals surface area (Å²) in [5, 5.41) is 14.1. The lowest BCUT2D eigenvalue weighted by atomic mass is 9.86. The van der Waals surface area contributed by atoms with Crippen LogP contribution in [0.15, 0.2) is 17.5 Å². The van der Waals surface area contributed by atoms with Gasteiger partial charge >= 0.3 is 12.0 Å². The van der Waals surface area contributed by atoms with Crippen molar-refractivity contribution >= 4 is 23.3 Å². The SMILES string of the molecule is O=C(O)C1CCC(NC(=O)N2CCOC(c3cccs3)C2)CC1.